The normalized spacial score (nSPS) is 10.1. The van der Waals surface area contributed by atoms with E-state index in [0.29, 0.717) is 16.0 Å². The molecule has 0 aliphatic heterocycles. The Balaban J connectivity index is 2.15. The number of halogens is 2. The summed E-state index contributed by atoms with van der Waals surface area (Å²) in [7, 11) is 1.71. The van der Waals surface area contributed by atoms with Crippen molar-refractivity contribution in [1.29, 1.82) is 0 Å². The average Bonchev–Trinajstić information content (AvgIpc) is 2.42. The second kappa shape index (κ2) is 5.75. The number of benzene rings is 1. The Hall–Kier alpha value is -2.02. The van der Waals surface area contributed by atoms with Crippen LogP contribution < -0.4 is 10.6 Å². The molecule has 0 unspecified atom stereocenters. The summed E-state index contributed by atoms with van der Waals surface area (Å²) in [6.07, 6.45) is 0. The lowest BCUT2D eigenvalue weighted by atomic mass is 10.3. The van der Waals surface area contributed by atoms with Crippen molar-refractivity contribution in [3.8, 4) is 0 Å². The SMILES string of the molecule is CNc1ccc(C(=O)Nc2ccc(F)cc2Br)nn1. The molecule has 0 aliphatic rings. The van der Waals surface area contributed by atoms with Gasteiger partial charge in [-0.3, -0.25) is 4.79 Å². The van der Waals surface area contributed by atoms with E-state index < -0.39 is 5.91 Å². The Morgan fingerprint density at radius 3 is 2.63 bits per heavy atom. The predicted octanol–water partition coefficient (Wildman–Crippen LogP) is 2.67. The Kier molecular flexibility index (Phi) is 4.06. The first-order valence-electron chi connectivity index (χ1n) is 5.38. The maximum atomic E-state index is 12.9. The number of hydrogen-bond donors (Lipinski definition) is 2. The van der Waals surface area contributed by atoms with Gasteiger partial charge in [0, 0.05) is 11.5 Å². The Morgan fingerprint density at radius 1 is 1.26 bits per heavy atom. The number of anilines is 2. The van der Waals surface area contributed by atoms with Gasteiger partial charge in [-0.25, -0.2) is 4.39 Å². The highest BCUT2D eigenvalue weighted by molar-refractivity contribution is 9.10. The van der Waals surface area contributed by atoms with Crippen molar-refractivity contribution >= 4 is 33.3 Å². The number of nitrogens with zero attached hydrogens (tertiary/aromatic N) is 2. The zero-order valence-corrected chi connectivity index (χ0v) is 11.5. The van der Waals surface area contributed by atoms with Crippen LogP contribution in [0.25, 0.3) is 0 Å². The van der Waals surface area contributed by atoms with Crippen LogP contribution in [0.1, 0.15) is 10.5 Å². The van der Waals surface area contributed by atoms with Gasteiger partial charge in [0.25, 0.3) is 5.91 Å². The van der Waals surface area contributed by atoms with Crippen LogP contribution in [0.15, 0.2) is 34.8 Å². The van der Waals surface area contributed by atoms with E-state index in [-0.39, 0.29) is 11.5 Å². The molecule has 0 saturated carbocycles. The highest BCUT2D eigenvalue weighted by Crippen LogP contribution is 2.23. The molecule has 1 heterocycles. The van der Waals surface area contributed by atoms with Crippen molar-refractivity contribution in [2.24, 2.45) is 0 Å². The minimum absolute atomic E-state index is 0.176. The molecule has 0 bridgehead atoms. The zero-order valence-electron chi connectivity index (χ0n) is 9.95. The molecule has 2 rings (SSSR count). The maximum absolute atomic E-state index is 12.9. The van der Waals surface area contributed by atoms with Gasteiger partial charge in [-0.1, -0.05) is 0 Å². The standard InChI is InChI=1S/C12H10BrFN4O/c1-15-11-5-4-10(17-18-11)12(19)16-9-3-2-7(14)6-8(9)13/h2-6H,1H3,(H,15,18)(H,16,19). The molecule has 0 fully saturated rings. The highest BCUT2D eigenvalue weighted by Gasteiger charge is 2.10. The third-order valence-corrected chi connectivity index (χ3v) is 2.99. The molecule has 2 aromatic rings. The summed E-state index contributed by atoms with van der Waals surface area (Å²) < 4.78 is 13.4. The van der Waals surface area contributed by atoms with E-state index in [0.717, 1.165) is 0 Å². The summed E-state index contributed by atoms with van der Waals surface area (Å²) in [6.45, 7) is 0. The van der Waals surface area contributed by atoms with Crippen molar-refractivity contribution in [3.63, 3.8) is 0 Å². The molecule has 5 nitrogen and oxygen atoms in total. The minimum Gasteiger partial charge on any atom is -0.372 e. The van der Waals surface area contributed by atoms with Crippen LogP contribution in [-0.4, -0.2) is 23.2 Å². The van der Waals surface area contributed by atoms with Crippen LogP contribution in [0.4, 0.5) is 15.9 Å². The first-order chi connectivity index (χ1) is 9.10. The molecule has 0 atom stereocenters. The molecule has 1 aromatic carbocycles. The van der Waals surface area contributed by atoms with Gasteiger partial charge in [0.15, 0.2) is 5.69 Å². The van der Waals surface area contributed by atoms with E-state index in [1.807, 2.05) is 0 Å². The summed E-state index contributed by atoms with van der Waals surface area (Å²) in [4.78, 5) is 11.9. The van der Waals surface area contributed by atoms with Gasteiger partial charge in [0.05, 0.1) is 5.69 Å². The number of amides is 1. The van der Waals surface area contributed by atoms with Crippen LogP contribution in [0.3, 0.4) is 0 Å². The zero-order chi connectivity index (χ0) is 13.8. The van der Waals surface area contributed by atoms with E-state index in [1.165, 1.54) is 18.2 Å². The van der Waals surface area contributed by atoms with Gasteiger partial charge in [0.2, 0.25) is 0 Å². The number of nitrogens with one attached hydrogen (secondary N) is 2. The van der Waals surface area contributed by atoms with E-state index in [9.17, 15) is 9.18 Å². The molecule has 1 aromatic heterocycles. The quantitative estimate of drug-likeness (QED) is 0.910. The van der Waals surface area contributed by atoms with E-state index >= 15 is 0 Å². The Bertz CT molecular complexity index is 603. The first-order valence-corrected chi connectivity index (χ1v) is 6.17. The number of hydrogen-bond acceptors (Lipinski definition) is 4. The van der Waals surface area contributed by atoms with Crippen LogP contribution in [-0.2, 0) is 0 Å². The monoisotopic (exact) mass is 324 g/mol. The van der Waals surface area contributed by atoms with Crippen LogP contribution in [0.5, 0.6) is 0 Å². The van der Waals surface area contributed by atoms with Gasteiger partial charge < -0.3 is 10.6 Å². The van der Waals surface area contributed by atoms with Gasteiger partial charge >= 0.3 is 0 Å². The fourth-order valence-corrected chi connectivity index (χ4v) is 1.81. The second-order valence-electron chi connectivity index (χ2n) is 3.63. The van der Waals surface area contributed by atoms with Crippen LogP contribution in [0, 0.1) is 5.82 Å². The van der Waals surface area contributed by atoms with Crippen molar-refractivity contribution in [2.45, 2.75) is 0 Å². The Morgan fingerprint density at radius 2 is 2.05 bits per heavy atom. The third-order valence-electron chi connectivity index (χ3n) is 2.33. The molecular formula is C12H10BrFN4O. The van der Waals surface area contributed by atoms with Gasteiger partial charge in [-0.05, 0) is 46.3 Å². The summed E-state index contributed by atoms with van der Waals surface area (Å²) >= 11 is 3.17. The lowest BCUT2D eigenvalue weighted by molar-refractivity contribution is 0.102. The number of rotatable bonds is 3. The lowest BCUT2D eigenvalue weighted by Crippen LogP contribution is -2.15. The number of carbonyl (C=O) groups is 1. The molecule has 2 N–H and O–H groups in total. The van der Waals surface area contributed by atoms with Crippen LogP contribution >= 0.6 is 15.9 Å². The summed E-state index contributed by atoms with van der Waals surface area (Å²) in [5.41, 5.74) is 0.640. The minimum atomic E-state index is -0.414. The van der Waals surface area contributed by atoms with Crippen molar-refractivity contribution in [3.05, 3.63) is 46.3 Å². The largest absolute Gasteiger partial charge is 0.372 e. The van der Waals surface area contributed by atoms with Gasteiger partial charge in [-0.15, -0.1) is 10.2 Å². The summed E-state index contributed by atoms with van der Waals surface area (Å²) in [5, 5.41) is 13.0. The number of aromatic nitrogens is 2. The molecule has 98 valence electrons. The molecule has 0 aliphatic carbocycles. The fraction of sp³-hybridized carbons (Fsp3) is 0.0833. The molecule has 19 heavy (non-hydrogen) atoms. The smallest absolute Gasteiger partial charge is 0.276 e. The van der Waals surface area contributed by atoms with Crippen molar-refractivity contribution in [1.82, 2.24) is 10.2 Å². The van der Waals surface area contributed by atoms with Crippen molar-refractivity contribution in [2.75, 3.05) is 17.7 Å². The summed E-state index contributed by atoms with van der Waals surface area (Å²) in [6, 6.07) is 7.18. The third kappa shape index (κ3) is 3.25. The molecule has 0 saturated heterocycles. The number of carbonyl (C=O) groups excluding carboxylic acids is 1. The van der Waals surface area contributed by atoms with Crippen LogP contribution in [0.2, 0.25) is 0 Å². The molecular weight excluding hydrogens is 315 g/mol. The first kappa shape index (κ1) is 13.4. The molecule has 7 heteroatoms. The maximum Gasteiger partial charge on any atom is 0.276 e. The second-order valence-corrected chi connectivity index (χ2v) is 4.49. The predicted molar refractivity (Wildman–Crippen MR) is 73.6 cm³/mol. The van der Waals surface area contributed by atoms with E-state index in [1.54, 1.807) is 19.2 Å². The molecule has 1 amide bonds. The molecule has 0 spiro atoms. The Labute approximate surface area is 117 Å². The fourth-order valence-electron chi connectivity index (χ4n) is 1.36. The summed E-state index contributed by atoms with van der Waals surface area (Å²) in [5.74, 6) is -0.231. The van der Waals surface area contributed by atoms with E-state index in [2.05, 4.69) is 36.8 Å². The highest BCUT2D eigenvalue weighted by atomic mass is 79.9. The molecule has 0 radical (unpaired) electrons. The van der Waals surface area contributed by atoms with Crippen molar-refractivity contribution < 1.29 is 9.18 Å². The lowest BCUT2D eigenvalue weighted by Gasteiger charge is -2.07. The average molecular weight is 325 g/mol. The van der Waals surface area contributed by atoms with Gasteiger partial charge in [-0.2, -0.15) is 0 Å². The van der Waals surface area contributed by atoms with E-state index in [4.69, 9.17) is 0 Å². The topological polar surface area (TPSA) is 66.9 Å². The van der Waals surface area contributed by atoms with Gasteiger partial charge in [0.1, 0.15) is 11.6 Å².